The lowest BCUT2D eigenvalue weighted by molar-refractivity contribution is -0.129. The summed E-state index contributed by atoms with van der Waals surface area (Å²) < 4.78 is 5.67. The molecule has 1 N–H and O–H groups in total. The van der Waals surface area contributed by atoms with Crippen molar-refractivity contribution in [2.75, 3.05) is 20.2 Å². The zero-order valence-corrected chi connectivity index (χ0v) is 13.1. The lowest BCUT2D eigenvalue weighted by atomic mass is 10.1. The van der Waals surface area contributed by atoms with Crippen molar-refractivity contribution in [2.24, 2.45) is 0 Å². The van der Waals surface area contributed by atoms with Crippen molar-refractivity contribution in [1.82, 2.24) is 4.90 Å². The number of halogens is 1. The number of rotatable bonds is 5. The van der Waals surface area contributed by atoms with E-state index in [2.05, 4.69) is 0 Å². The molecule has 1 amide bonds. The molecule has 0 aliphatic carbocycles. The number of hydrogen-bond donors (Lipinski definition) is 1. The fourth-order valence-electron chi connectivity index (χ4n) is 2.47. The van der Waals surface area contributed by atoms with Crippen LogP contribution in [0.3, 0.4) is 0 Å². The Morgan fingerprint density at radius 1 is 1.48 bits per heavy atom. The van der Waals surface area contributed by atoms with E-state index in [1.807, 2.05) is 7.05 Å². The number of phenolic OH excluding ortho intramolecular Hbond substituents is 1. The maximum atomic E-state index is 12.2. The Morgan fingerprint density at radius 2 is 2.29 bits per heavy atom. The number of hydrogen-bond acceptors (Lipinski definition) is 3. The molecule has 1 aliphatic rings. The molecule has 1 fully saturated rings. The molecule has 2 rings (SSSR count). The molecule has 5 heteroatoms. The number of ether oxygens (including phenoxy) is 1. The zero-order chi connectivity index (χ0) is 15.2. The van der Waals surface area contributed by atoms with Crippen molar-refractivity contribution in [1.29, 1.82) is 0 Å². The van der Waals surface area contributed by atoms with Crippen molar-refractivity contribution in [3.05, 3.63) is 28.8 Å². The van der Waals surface area contributed by atoms with Crippen LogP contribution >= 0.6 is 11.6 Å². The van der Waals surface area contributed by atoms with E-state index in [0.29, 0.717) is 13.0 Å². The summed E-state index contributed by atoms with van der Waals surface area (Å²) in [4.78, 5) is 13.9. The number of likely N-dealkylation sites (N-methyl/N-ethyl adjacent to an activating group) is 1. The Morgan fingerprint density at radius 3 is 2.95 bits per heavy atom. The van der Waals surface area contributed by atoms with Gasteiger partial charge in [-0.15, -0.1) is 0 Å². The van der Waals surface area contributed by atoms with E-state index in [1.165, 1.54) is 12.5 Å². The average molecular weight is 312 g/mol. The fraction of sp³-hybridized carbons (Fsp3) is 0.562. The highest BCUT2D eigenvalue weighted by Gasteiger charge is 2.16. The Labute approximate surface area is 130 Å². The van der Waals surface area contributed by atoms with Gasteiger partial charge in [0.1, 0.15) is 5.75 Å². The summed E-state index contributed by atoms with van der Waals surface area (Å²) in [7, 11) is 1.81. The van der Waals surface area contributed by atoms with Gasteiger partial charge in [-0.1, -0.05) is 17.7 Å². The molecular weight excluding hydrogens is 290 g/mol. The summed E-state index contributed by atoms with van der Waals surface area (Å²) in [6, 6.07) is 4.87. The lowest BCUT2D eigenvalue weighted by Gasteiger charge is -2.25. The minimum atomic E-state index is 0.0377. The van der Waals surface area contributed by atoms with Gasteiger partial charge in [0, 0.05) is 20.2 Å². The van der Waals surface area contributed by atoms with E-state index in [0.717, 1.165) is 31.4 Å². The van der Waals surface area contributed by atoms with Crippen LogP contribution in [0.25, 0.3) is 0 Å². The van der Waals surface area contributed by atoms with Crippen LogP contribution in [-0.4, -0.2) is 42.2 Å². The quantitative estimate of drug-likeness (QED) is 0.909. The highest BCUT2D eigenvalue weighted by molar-refractivity contribution is 6.32. The lowest BCUT2D eigenvalue weighted by Crippen LogP contribution is -2.32. The molecule has 1 aromatic rings. The second-order valence-corrected chi connectivity index (χ2v) is 5.96. The van der Waals surface area contributed by atoms with Gasteiger partial charge in [0.25, 0.3) is 0 Å². The molecule has 0 radical (unpaired) electrons. The van der Waals surface area contributed by atoms with Gasteiger partial charge in [-0.25, -0.2) is 0 Å². The van der Waals surface area contributed by atoms with E-state index < -0.39 is 0 Å². The first-order valence-corrected chi connectivity index (χ1v) is 7.77. The molecular formula is C16H22ClNO3. The van der Waals surface area contributed by atoms with Gasteiger partial charge >= 0.3 is 0 Å². The number of nitrogens with zero attached hydrogens (tertiary/aromatic N) is 1. The van der Waals surface area contributed by atoms with Crippen molar-refractivity contribution >= 4 is 17.5 Å². The number of carbonyl (C=O) groups is 1. The third kappa shape index (κ3) is 4.90. The van der Waals surface area contributed by atoms with Crippen molar-refractivity contribution < 1.29 is 14.6 Å². The van der Waals surface area contributed by atoms with Gasteiger partial charge in [0.15, 0.2) is 0 Å². The molecule has 4 nitrogen and oxygen atoms in total. The van der Waals surface area contributed by atoms with E-state index >= 15 is 0 Å². The predicted octanol–water partition coefficient (Wildman–Crippen LogP) is 3.01. The van der Waals surface area contributed by atoms with Crippen LogP contribution in [0.4, 0.5) is 0 Å². The standard InChI is InChI=1S/C16H22ClNO3/c1-18(8-7-13-4-2-3-9-21-13)16(20)11-12-5-6-15(19)14(17)10-12/h5-6,10,13,19H,2-4,7-9,11H2,1H3. The van der Waals surface area contributed by atoms with Gasteiger partial charge < -0.3 is 14.7 Å². The largest absolute Gasteiger partial charge is 0.506 e. The zero-order valence-electron chi connectivity index (χ0n) is 12.3. The summed E-state index contributed by atoms with van der Waals surface area (Å²) in [5.41, 5.74) is 0.809. The van der Waals surface area contributed by atoms with Crippen LogP contribution in [0.5, 0.6) is 5.75 Å². The van der Waals surface area contributed by atoms with Crippen LogP contribution in [0, 0.1) is 0 Å². The number of amides is 1. The first kappa shape index (κ1) is 16.1. The predicted molar refractivity (Wildman–Crippen MR) is 82.7 cm³/mol. The van der Waals surface area contributed by atoms with Gasteiger partial charge in [0.05, 0.1) is 17.5 Å². The molecule has 0 saturated carbocycles. The van der Waals surface area contributed by atoms with Crippen LogP contribution < -0.4 is 0 Å². The molecule has 1 saturated heterocycles. The molecule has 116 valence electrons. The Kier molecular flexibility index (Phi) is 5.88. The third-order valence-electron chi connectivity index (χ3n) is 3.85. The Hall–Kier alpha value is -1.26. The summed E-state index contributed by atoms with van der Waals surface area (Å²) in [6.07, 6.45) is 4.93. The van der Waals surface area contributed by atoms with E-state index in [1.54, 1.807) is 17.0 Å². The van der Waals surface area contributed by atoms with E-state index in [4.69, 9.17) is 16.3 Å². The Balaban J connectivity index is 1.80. The van der Waals surface area contributed by atoms with Gasteiger partial charge in [-0.2, -0.15) is 0 Å². The molecule has 1 atom stereocenters. The molecule has 1 unspecified atom stereocenters. The summed E-state index contributed by atoms with van der Waals surface area (Å²) in [5.74, 6) is 0.0863. The fourth-order valence-corrected chi connectivity index (χ4v) is 2.67. The first-order valence-electron chi connectivity index (χ1n) is 7.39. The van der Waals surface area contributed by atoms with Crippen LogP contribution in [-0.2, 0) is 16.0 Å². The van der Waals surface area contributed by atoms with Crippen LogP contribution in [0.15, 0.2) is 18.2 Å². The minimum absolute atomic E-state index is 0.0377. The van der Waals surface area contributed by atoms with Gasteiger partial charge in [-0.05, 0) is 43.4 Å². The molecule has 0 spiro atoms. The number of aromatic hydroxyl groups is 1. The van der Waals surface area contributed by atoms with Crippen LogP contribution in [0.2, 0.25) is 5.02 Å². The van der Waals surface area contributed by atoms with Crippen molar-refractivity contribution in [2.45, 2.75) is 38.2 Å². The summed E-state index contributed by atoms with van der Waals surface area (Å²) >= 11 is 5.85. The summed E-state index contributed by atoms with van der Waals surface area (Å²) in [5, 5.41) is 9.65. The highest BCUT2D eigenvalue weighted by atomic mass is 35.5. The second kappa shape index (κ2) is 7.66. The van der Waals surface area contributed by atoms with Crippen LogP contribution in [0.1, 0.15) is 31.2 Å². The third-order valence-corrected chi connectivity index (χ3v) is 4.16. The molecule has 1 aromatic carbocycles. The minimum Gasteiger partial charge on any atom is -0.506 e. The maximum Gasteiger partial charge on any atom is 0.226 e. The smallest absolute Gasteiger partial charge is 0.226 e. The molecule has 1 aliphatic heterocycles. The molecule has 0 aromatic heterocycles. The SMILES string of the molecule is CN(CCC1CCCCO1)C(=O)Cc1ccc(O)c(Cl)c1. The average Bonchev–Trinajstić information content (AvgIpc) is 2.49. The second-order valence-electron chi connectivity index (χ2n) is 5.56. The highest BCUT2D eigenvalue weighted by Crippen LogP contribution is 2.24. The van der Waals surface area contributed by atoms with E-state index in [9.17, 15) is 9.90 Å². The monoisotopic (exact) mass is 311 g/mol. The normalized spacial score (nSPS) is 18.5. The molecule has 1 heterocycles. The Bertz CT molecular complexity index is 486. The topological polar surface area (TPSA) is 49.8 Å². The van der Waals surface area contributed by atoms with E-state index in [-0.39, 0.29) is 22.8 Å². The summed E-state index contributed by atoms with van der Waals surface area (Å²) in [6.45, 7) is 1.55. The molecule has 21 heavy (non-hydrogen) atoms. The van der Waals surface area contributed by atoms with Crippen molar-refractivity contribution in [3.63, 3.8) is 0 Å². The maximum absolute atomic E-state index is 12.2. The first-order chi connectivity index (χ1) is 10.1. The van der Waals surface area contributed by atoms with Gasteiger partial charge in [0.2, 0.25) is 5.91 Å². The van der Waals surface area contributed by atoms with Gasteiger partial charge in [-0.3, -0.25) is 4.79 Å². The molecule has 0 bridgehead atoms. The number of benzene rings is 1. The number of carbonyl (C=O) groups excluding carboxylic acids is 1. The van der Waals surface area contributed by atoms with Crippen molar-refractivity contribution in [3.8, 4) is 5.75 Å². The number of phenols is 1.